The quantitative estimate of drug-likeness (QED) is 0.793. The van der Waals surface area contributed by atoms with Crippen LogP contribution in [0.4, 0.5) is 20.2 Å². The Balaban J connectivity index is 2.06. The molecule has 0 bridgehead atoms. The fraction of sp³-hybridized carbons (Fsp3) is 0.188. The average molecular weight is 289 g/mol. The standard InChI is InChI=1S/C16H13F2NO2/c1-21-16(20)11-3-2-10-6-7-19(14(10)8-11)15-9-12(17)4-5-13(15)18/h2-5,8-9H,6-7H2,1H3. The lowest BCUT2D eigenvalue weighted by atomic mass is 10.1. The van der Waals surface area contributed by atoms with E-state index < -0.39 is 17.6 Å². The molecule has 5 heteroatoms. The van der Waals surface area contributed by atoms with Crippen molar-refractivity contribution >= 4 is 17.3 Å². The summed E-state index contributed by atoms with van der Waals surface area (Å²) in [6.45, 7) is 0.542. The number of fused-ring (bicyclic) bond motifs is 1. The number of esters is 1. The molecule has 0 spiro atoms. The molecule has 2 aromatic rings. The lowest BCUT2D eigenvalue weighted by Crippen LogP contribution is -2.15. The van der Waals surface area contributed by atoms with Gasteiger partial charge < -0.3 is 9.64 Å². The van der Waals surface area contributed by atoms with Crippen LogP contribution in [0.15, 0.2) is 36.4 Å². The minimum Gasteiger partial charge on any atom is -0.465 e. The molecule has 108 valence electrons. The second kappa shape index (κ2) is 5.16. The molecule has 3 rings (SSSR count). The lowest BCUT2D eigenvalue weighted by molar-refractivity contribution is 0.0601. The molecule has 0 radical (unpaired) electrons. The highest BCUT2D eigenvalue weighted by Crippen LogP contribution is 2.36. The van der Waals surface area contributed by atoms with Crippen LogP contribution in [0.5, 0.6) is 0 Å². The number of rotatable bonds is 2. The van der Waals surface area contributed by atoms with E-state index in [0.29, 0.717) is 24.2 Å². The van der Waals surface area contributed by atoms with Gasteiger partial charge in [-0.2, -0.15) is 0 Å². The molecule has 0 unspecified atom stereocenters. The van der Waals surface area contributed by atoms with Crippen molar-refractivity contribution in [2.24, 2.45) is 0 Å². The fourth-order valence-electron chi connectivity index (χ4n) is 2.57. The van der Waals surface area contributed by atoms with E-state index in [1.807, 2.05) is 6.07 Å². The first kappa shape index (κ1) is 13.5. The van der Waals surface area contributed by atoms with Crippen molar-refractivity contribution in [3.63, 3.8) is 0 Å². The van der Waals surface area contributed by atoms with Crippen molar-refractivity contribution in [2.75, 3.05) is 18.6 Å². The number of hydrogen-bond acceptors (Lipinski definition) is 3. The van der Waals surface area contributed by atoms with Gasteiger partial charge >= 0.3 is 5.97 Å². The Morgan fingerprint density at radius 2 is 1.95 bits per heavy atom. The molecule has 0 aromatic heterocycles. The molecule has 1 aliphatic rings. The van der Waals surface area contributed by atoms with Gasteiger partial charge in [0.2, 0.25) is 0 Å². The number of nitrogens with zero attached hydrogens (tertiary/aromatic N) is 1. The van der Waals surface area contributed by atoms with Gasteiger partial charge in [0.15, 0.2) is 0 Å². The van der Waals surface area contributed by atoms with E-state index in [-0.39, 0.29) is 5.69 Å². The van der Waals surface area contributed by atoms with Gasteiger partial charge in [-0.25, -0.2) is 13.6 Å². The minimum atomic E-state index is -0.496. The van der Waals surface area contributed by atoms with Crippen molar-refractivity contribution in [2.45, 2.75) is 6.42 Å². The van der Waals surface area contributed by atoms with Crippen LogP contribution in [0.25, 0.3) is 0 Å². The number of anilines is 2. The summed E-state index contributed by atoms with van der Waals surface area (Å²) in [6, 6.07) is 8.50. The molecule has 1 heterocycles. The summed E-state index contributed by atoms with van der Waals surface area (Å²) >= 11 is 0. The summed E-state index contributed by atoms with van der Waals surface area (Å²) in [5.74, 6) is -1.44. The van der Waals surface area contributed by atoms with Crippen LogP contribution in [0.2, 0.25) is 0 Å². The van der Waals surface area contributed by atoms with E-state index in [1.165, 1.54) is 7.11 Å². The van der Waals surface area contributed by atoms with Gasteiger partial charge in [-0.15, -0.1) is 0 Å². The van der Waals surface area contributed by atoms with Crippen LogP contribution in [0, 0.1) is 11.6 Å². The number of halogens is 2. The maximum Gasteiger partial charge on any atom is 0.337 e. The summed E-state index contributed by atoms with van der Waals surface area (Å²) in [5, 5.41) is 0. The number of ether oxygens (including phenoxy) is 1. The normalized spacial score (nSPS) is 13.2. The summed E-state index contributed by atoms with van der Waals surface area (Å²) in [4.78, 5) is 13.3. The molecule has 0 amide bonds. The largest absolute Gasteiger partial charge is 0.465 e. The van der Waals surface area contributed by atoms with Gasteiger partial charge in [-0.1, -0.05) is 6.07 Å². The Bertz CT molecular complexity index is 715. The second-order valence-corrected chi connectivity index (χ2v) is 4.83. The third kappa shape index (κ3) is 2.35. The monoisotopic (exact) mass is 289 g/mol. The summed E-state index contributed by atoms with van der Waals surface area (Å²) in [5.41, 5.74) is 2.27. The zero-order valence-corrected chi connectivity index (χ0v) is 11.4. The number of benzene rings is 2. The first-order chi connectivity index (χ1) is 10.1. The molecule has 0 aliphatic carbocycles. The third-order valence-electron chi connectivity index (χ3n) is 3.60. The van der Waals surface area contributed by atoms with Crippen LogP contribution in [-0.2, 0) is 11.2 Å². The molecule has 0 N–H and O–H groups in total. The number of hydrogen-bond donors (Lipinski definition) is 0. The number of carbonyl (C=O) groups is 1. The highest BCUT2D eigenvalue weighted by atomic mass is 19.1. The van der Waals surface area contributed by atoms with Crippen molar-refractivity contribution in [3.8, 4) is 0 Å². The van der Waals surface area contributed by atoms with Crippen LogP contribution in [0.1, 0.15) is 15.9 Å². The van der Waals surface area contributed by atoms with Crippen molar-refractivity contribution < 1.29 is 18.3 Å². The second-order valence-electron chi connectivity index (χ2n) is 4.83. The molecule has 0 fully saturated rings. The third-order valence-corrected chi connectivity index (χ3v) is 3.60. The van der Waals surface area contributed by atoms with Gasteiger partial charge in [0, 0.05) is 18.3 Å². The Labute approximate surface area is 120 Å². The van der Waals surface area contributed by atoms with E-state index in [4.69, 9.17) is 0 Å². The molecule has 21 heavy (non-hydrogen) atoms. The van der Waals surface area contributed by atoms with Crippen molar-refractivity contribution in [1.82, 2.24) is 0 Å². The van der Waals surface area contributed by atoms with Crippen molar-refractivity contribution in [3.05, 3.63) is 59.2 Å². The Kier molecular flexibility index (Phi) is 3.33. The SMILES string of the molecule is COC(=O)c1ccc2c(c1)N(c1cc(F)ccc1F)CC2. The molecular weight excluding hydrogens is 276 g/mol. The zero-order chi connectivity index (χ0) is 15.0. The van der Waals surface area contributed by atoms with Crippen LogP contribution in [-0.4, -0.2) is 19.6 Å². The molecule has 1 aliphatic heterocycles. The van der Waals surface area contributed by atoms with Gasteiger partial charge in [-0.3, -0.25) is 0 Å². The molecule has 0 saturated heterocycles. The number of carbonyl (C=O) groups excluding carboxylic acids is 1. The predicted molar refractivity (Wildman–Crippen MR) is 74.8 cm³/mol. The number of methoxy groups -OCH3 is 1. The Morgan fingerprint density at radius 1 is 1.14 bits per heavy atom. The summed E-state index contributed by atoms with van der Waals surface area (Å²) in [6.07, 6.45) is 0.715. The summed E-state index contributed by atoms with van der Waals surface area (Å²) < 4.78 is 32.0. The fourth-order valence-corrected chi connectivity index (χ4v) is 2.57. The minimum absolute atomic E-state index is 0.177. The van der Waals surface area contributed by atoms with Gasteiger partial charge in [-0.05, 0) is 36.2 Å². The van der Waals surface area contributed by atoms with Gasteiger partial charge in [0.1, 0.15) is 11.6 Å². The molecule has 0 saturated carbocycles. The molecule has 3 nitrogen and oxygen atoms in total. The van der Waals surface area contributed by atoms with E-state index >= 15 is 0 Å². The zero-order valence-electron chi connectivity index (χ0n) is 11.4. The molecule has 0 atom stereocenters. The smallest absolute Gasteiger partial charge is 0.337 e. The first-order valence-electron chi connectivity index (χ1n) is 6.54. The Hall–Kier alpha value is -2.43. The highest BCUT2D eigenvalue weighted by Gasteiger charge is 2.24. The van der Waals surface area contributed by atoms with E-state index in [1.54, 1.807) is 17.0 Å². The van der Waals surface area contributed by atoms with Crippen LogP contribution < -0.4 is 4.90 Å². The topological polar surface area (TPSA) is 29.5 Å². The Morgan fingerprint density at radius 3 is 2.71 bits per heavy atom. The van der Waals surface area contributed by atoms with Crippen LogP contribution >= 0.6 is 0 Å². The molecular formula is C16H13F2NO2. The van der Waals surface area contributed by atoms with E-state index in [0.717, 1.165) is 23.8 Å². The maximum absolute atomic E-state index is 13.9. The van der Waals surface area contributed by atoms with Crippen molar-refractivity contribution in [1.29, 1.82) is 0 Å². The van der Waals surface area contributed by atoms with E-state index in [9.17, 15) is 13.6 Å². The lowest BCUT2D eigenvalue weighted by Gasteiger charge is -2.20. The maximum atomic E-state index is 13.9. The highest BCUT2D eigenvalue weighted by molar-refractivity contribution is 5.91. The molecule has 2 aromatic carbocycles. The summed E-state index contributed by atoms with van der Waals surface area (Å²) in [7, 11) is 1.31. The van der Waals surface area contributed by atoms with Crippen LogP contribution in [0.3, 0.4) is 0 Å². The first-order valence-corrected chi connectivity index (χ1v) is 6.54. The predicted octanol–water partition coefficient (Wildman–Crippen LogP) is 3.45. The van der Waals surface area contributed by atoms with Gasteiger partial charge in [0.05, 0.1) is 18.4 Å². The van der Waals surface area contributed by atoms with Gasteiger partial charge in [0.25, 0.3) is 0 Å². The average Bonchev–Trinajstić information content (AvgIpc) is 2.91. The van der Waals surface area contributed by atoms with E-state index in [2.05, 4.69) is 4.74 Å².